The van der Waals surface area contributed by atoms with Crippen molar-refractivity contribution in [1.29, 1.82) is 0 Å². The van der Waals surface area contributed by atoms with Gasteiger partial charge in [-0.1, -0.05) is 5.21 Å². The zero-order chi connectivity index (χ0) is 35.3. The van der Waals surface area contributed by atoms with E-state index >= 15 is 0 Å². The van der Waals surface area contributed by atoms with Crippen LogP contribution < -0.4 is 10.3 Å². The molecule has 2 unspecified atom stereocenters. The number of aryl methyl sites for hydroxylation is 1. The van der Waals surface area contributed by atoms with E-state index in [-0.39, 0.29) is 22.4 Å². The lowest BCUT2D eigenvalue weighted by molar-refractivity contribution is -0.182. The molecule has 48 heavy (non-hydrogen) atoms. The summed E-state index contributed by atoms with van der Waals surface area (Å²) in [4.78, 5) is 54.7. The number of ketones is 1. The number of nitrogens with zero attached hydrogens (tertiary/aromatic N) is 3. The molecule has 2 atom stereocenters. The minimum Gasteiger partial charge on any atom is -0.493 e. The Bertz CT molecular complexity index is 1680. The van der Waals surface area contributed by atoms with Crippen LogP contribution in [0.5, 0.6) is 5.75 Å². The minimum atomic E-state index is -4.71. The molecule has 3 aromatic rings. The standard InChI is InChI=1S/C34H40F3N3O8/c1-21(2)47-30(43)33(31(44)48-32(3,4)5,14-15-40-29(42)26-17-24(34(35,36)37)10-13-27(26)38-39-40)18-28(41)23-8-11-25(12-9-23)46-20-22-7-6-16-45-19-22/h8-13,17,21-22H,6-7,14-16,18-20H2,1-5H3. The molecule has 0 bridgehead atoms. The number of carbonyl (C=O) groups is 3. The smallest absolute Gasteiger partial charge is 0.416 e. The first-order valence-corrected chi connectivity index (χ1v) is 15.7. The minimum absolute atomic E-state index is 0.0726. The highest BCUT2D eigenvalue weighted by molar-refractivity contribution is 6.07. The topological polar surface area (TPSA) is 136 Å². The molecule has 0 spiro atoms. The van der Waals surface area contributed by atoms with E-state index in [0.29, 0.717) is 25.0 Å². The Labute approximate surface area is 275 Å². The molecule has 11 nitrogen and oxygen atoms in total. The molecular weight excluding hydrogens is 635 g/mol. The summed E-state index contributed by atoms with van der Waals surface area (Å²) in [6.45, 7) is 9.20. The third kappa shape index (κ3) is 9.18. The molecule has 0 radical (unpaired) electrons. The number of hydrogen-bond donors (Lipinski definition) is 0. The number of alkyl halides is 3. The van der Waals surface area contributed by atoms with Gasteiger partial charge in [0.05, 0.1) is 30.3 Å². The fourth-order valence-corrected chi connectivity index (χ4v) is 5.18. The molecule has 0 aliphatic carbocycles. The Hall–Kier alpha value is -4.33. The van der Waals surface area contributed by atoms with E-state index in [1.54, 1.807) is 46.8 Å². The first kappa shape index (κ1) is 36.5. The average Bonchev–Trinajstić information content (AvgIpc) is 3.01. The Balaban J connectivity index is 1.66. The van der Waals surface area contributed by atoms with Gasteiger partial charge in [-0.25, -0.2) is 4.68 Å². The van der Waals surface area contributed by atoms with Gasteiger partial charge in [-0.05, 0) is 96.3 Å². The van der Waals surface area contributed by atoms with E-state index in [2.05, 4.69) is 10.3 Å². The van der Waals surface area contributed by atoms with E-state index in [4.69, 9.17) is 18.9 Å². The molecule has 1 aromatic heterocycles. The van der Waals surface area contributed by atoms with Gasteiger partial charge < -0.3 is 18.9 Å². The van der Waals surface area contributed by atoms with Crippen molar-refractivity contribution in [3.8, 4) is 5.75 Å². The van der Waals surface area contributed by atoms with Crippen LogP contribution in [0.25, 0.3) is 10.9 Å². The zero-order valence-corrected chi connectivity index (χ0v) is 27.6. The Morgan fingerprint density at radius 2 is 1.75 bits per heavy atom. The highest BCUT2D eigenvalue weighted by Crippen LogP contribution is 2.36. The van der Waals surface area contributed by atoms with Crippen molar-refractivity contribution in [2.24, 2.45) is 11.3 Å². The average molecular weight is 676 g/mol. The fourth-order valence-electron chi connectivity index (χ4n) is 5.18. The van der Waals surface area contributed by atoms with Crippen molar-refractivity contribution in [3.05, 3.63) is 63.9 Å². The quantitative estimate of drug-likeness (QED) is 0.136. The molecule has 1 aliphatic heterocycles. The highest BCUT2D eigenvalue weighted by Gasteiger charge is 2.52. The van der Waals surface area contributed by atoms with Crippen molar-refractivity contribution in [1.82, 2.24) is 15.0 Å². The van der Waals surface area contributed by atoms with E-state index in [0.717, 1.165) is 36.3 Å². The zero-order valence-electron chi connectivity index (χ0n) is 27.6. The summed E-state index contributed by atoms with van der Waals surface area (Å²) in [6, 6.07) is 8.72. The van der Waals surface area contributed by atoms with Crippen molar-refractivity contribution >= 4 is 28.6 Å². The lowest BCUT2D eigenvalue weighted by Gasteiger charge is -2.33. The third-order valence-electron chi connectivity index (χ3n) is 7.70. The van der Waals surface area contributed by atoms with Gasteiger partial charge in [-0.3, -0.25) is 19.2 Å². The first-order valence-electron chi connectivity index (χ1n) is 15.7. The summed E-state index contributed by atoms with van der Waals surface area (Å²) in [7, 11) is 0. The summed E-state index contributed by atoms with van der Waals surface area (Å²) < 4.78 is 63.3. The molecule has 0 N–H and O–H groups in total. The number of halogens is 3. The largest absolute Gasteiger partial charge is 0.493 e. The molecule has 260 valence electrons. The van der Waals surface area contributed by atoms with Gasteiger partial charge in [-0.15, -0.1) is 5.10 Å². The number of aromatic nitrogens is 3. The number of carbonyl (C=O) groups excluding carboxylic acids is 3. The molecule has 1 fully saturated rings. The summed E-state index contributed by atoms with van der Waals surface area (Å²) in [5.41, 5.74) is -5.22. The van der Waals surface area contributed by atoms with Crippen LogP contribution in [-0.4, -0.2) is 64.2 Å². The fraction of sp³-hybridized carbons (Fsp3) is 0.529. The normalized spacial score (nSPS) is 16.7. The molecule has 0 saturated carbocycles. The Morgan fingerprint density at radius 1 is 1.04 bits per heavy atom. The second kappa shape index (κ2) is 14.8. The lowest BCUT2D eigenvalue weighted by Crippen LogP contribution is -2.48. The van der Waals surface area contributed by atoms with Crippen LogP contribution in [0.3, 0.4) is 0 Å². The van der Waals surface area contributed by atoms with Crippen LogP contribution in [0.2, 0.25) is 0 Å². The summed E-state index contributed by atoms with van der Waals surface area (Å²) in [5.74, 6) is -1.94. The molecule has 1 aliphatic rings. The van der Waals surface area contributed by atoms with E-state index in [1.807, 2.05) is 0 Å². The van der Waals surface area contributed by atoms with E-state index in [9.17, 15) is 32.3 Å². The van der Waals surface area contributed by atoms with E-state index < -0.39 is 71.5 Å². The number of ether oxygens (including phenoxy) is 4. The molecule has 0 amide bonds. The van der Waals surface area contributed by atoms with Crippen LogP contribution in [0.1, 0.15) is 76.2 Å². The predicted molar refractivity (Wildman–Crippen MR) is 167 cm³/mol. The van der Waals surface area contributed by atoms with Gasteiger partial charge in [0.2, 0.25) is 0 Å². The van der Waals surface area contributed by atoms with Crippen molar-refractivity contribution in [3.63, 3.8) is 0 Å². The van der Waals surface area contributed by atoms with Gasteiger partial charge in [0, 0.05) is 31.1 Å². The van der Waals surface area contributed by atoms with Crippen LogP contribution in [0.15, 0.2) is 47.3 Å². The maximum atomic E-state index is 13.9. The van der Waals surface area contributed by atoms with Crippen molar-refractivity contribution < 1.29 is 46.5 Å². The maximum absolute atomic E-state index is 13.9. The monoisotopic (exact) mass is 675 g/mol. The number of fused-ring (bicyclic) bond motifs is 1. The number of rotatable bonds is 12. The van der Waals surface area contributed by atoms with Crippen LogP contribution in [0.4, 0.5) is 13.2 Å². The lowest BCUT2D eigenvalue weighted by atomic mass is 9.78. The maximum Gasteiger partial charge on any atom is 0.416 e. The number of hydrogen-bond acceptors (Lipinski definition) is 10. The van der Waals surface area contributed by atoms with Crippen molar-refractivity contribution in [2.45, 2.75) is 84.7 Å². The highest BCUT2D eigenvalue weighted by atomic mass is 19.4. The van der Waals surface area contributed by atoms with Crippen LogP contribution >= 0.6 is 0 Å². The van der Waals surface area contributed by atoms with Gasteiger partial charge in [0.1, 0.15) is 16.9 Å². The van der Waals surface area contributed by atoms with Gasteiger partial charge in [0.15, 0.2) is 11.2 Å². The molecule has 2 heterocycles. The molecule has 14 heteroatoms. The van der Waals surface area contributed by atoms with Crippen LogP contribution in [-0.2, 0) is 36.5 Å². The molecule has 4 rings (SSSR count). The molecular formula is C34H40F3N3O8. The summed E-state index contributed by atoms with van der Waals surface area (Å²) in [6.07, 6.45) is -4.66. The number of esters is 2. The van der Waals surface area contributed by atoms with E-state index in [1.165, 1.54) is 12.1 Å². The molecule has 1 saturated heterocycles. The summed E-state index contributed by atoms with van der Waals surface area (Å²) >= 11 is 0. The molecule has 2 aromatic carbocycles. The number of Topliss-reactive ketones (excluding diaryl/α,β-unsaturated/α-hetero) is 1. The SMILES string of the molecule is CC(C)OC(=O)C(CCn1nnc2ccc(C(F)(F)F)cc2c1=O)(CC(=O)c1ccc(OCC2CCCOC2)cc1)C(=O)OC(C)(C)C. The first-order chi connectivity index (χ1) is 22.5. The predicted octanol–water partition coefficient (Wildman–Crippen LogP) is 5.56. The Kier molecular flexibility index (Phi) is 11.3. The Morgan fingerprint density at radius 3 is 2.35 bits per heavy atom. The van der Waals surface area contributed by atoms with Gasteiger partial charge >= 0.3 is 18.1 Å². The number of benzene rings is 2. The van der Waals surface area contributed by atoms with Crippen molar-refractivity contribution in [2.75, 3.05) is 19.8 Å². The van der Waals surface area contributed by atoms with Crippen LogP contribution in [0, 0.1) is 11.3 Å². The second-order valence-corrected chi connectivity index (χ2v) is 13.2. The third-order valence-corrected chi connectivity index (χ3v) is 7.70. The van der Waals surface area contributed by atoms with Gasteiger partial charge in [-0.2, -0.15) is 13.2 Å². The van der Waals surface area contributed by atoms with Gasteiger partial charge in [0.25, 0.3) is 5.56 Å². The second-order valence-electron chi connectivity index (χ2n) is 13.2. The summed E-state index contributed by atoms with van der Waals surface area (Å²) in [5, 5.41) is 7.31.